The Hall–Kier alpha value is -1.86. The van der Waals surface area contributed by atoms with Gasteiger partial charge in [0.1, 0.15) is 6.04 Å². The maximum atomic E-state index is 11.1. The van der Waals surface area contributed by atoms with E-state index in [2.05, 4.69) is 20.8 Å². The van der Waals surface area contributed by atoms with Gasteiger partial charge in [0.15, 0.2) is 0 Å². The van der Waals surface area contributed by atoms with Crippen molar-refractivity contribution in [2.75, 3.05) is 19.3 Å². The lowest BCUT2D eigenvalue weighted by molar-refractivity contribution is -0.121. The van der Waals surface area contributed by atoms with Crippen LogP contribution in [0, 0.1) is 0 Å². The van der Waals surface area contributed by atoms with E-state index in [-0.39, 0.29) is 18.5 Å². The molecule has 1 aliphatic rings. The highest BCUT2D eigenvalue weighted by molar-refractivity contribution is 7.98. The Labute approximate surface area is 120 Å². The Bertz CT molecular complexity index is 601. The summed E-state index contributed by atoms with van der Waals surface area (Å²) in [6.45, 7) is 0.733. The van der Waals surface area contributed by atoms with Gasteiger partial charge in [-0.05, 0) is 30.5 Å². The molecule has 20 heavy (non-hydrogen) atoms. The molecule has 2 N–H and O–H groups in total. The number of carbonyl (C=O) groups excluding carboxylic acids is 1. The molecule has 2 heterocycles. The van der Waals surface area contributed by atoms with Gasteiger partial charge in [-0.25, -0.2) is 0 Å². The Balaban J connectivity index is 1.77. The molecule has 1 aromatic carbocycles. The molecule has 0 radical (unpaired) electrons. The normalized spacial score (nSPS) is 18.9. The van der Waals surface area contributed by atoms with Crippen molar-refractivity contribution in [3.05, 3.63) is 30.2 Å². The second-order valence-corrected chi connectivity index (χ2v) is 5.30. The molecule has 0 aliphatic carbocycles. The quantitative estimate of drug-likeness (QED) is 0.827. The lowest BCUT2D eigenvalue weighted by Gasteiger charge is -2.20. The van der Waals surface area contributed by atoms with Crippen LogP contribution >= 0.6 is 11.8 Å². The first-order valence-corrected chi connectivity index (χ1v) is 7.47. The summed E-state index contributed by atoms with van der Waals surface area (Å²) in [4.78, 5) is 16.7. The molecule has 0 saturated carbocycles. The molecule has 104 valence electrons. The van der Waals surface area contributed by atoms with Gasteiger partial charge in [0.25, 0.3) is 0 Å². The topological polar surface area (TPSA) is 80.0 Å². The van der Waals surface area contributed by atoms with Crippen LogP contribution < -0.4 is 10.6 Å². The summed E-state index contributed by atoms with van der Waals surface area (Å²) >= 11 is 1.69. The third-order valence-corrected chi connectivity index (χ3v) is 3.84. The molecule has 7 heteroatoms. The number of carbonyl (C=O) groups is 1. The summed E-state index contributed by atoms with van der Waals surface area (Å²) in [6, 6.07) is 7.86. The monoisotopic (exact) mass is 290 g/mol. The van der Waals surface area contributed by atoms with E-state index in [4.69, 9.17) is 4.52 Å². The summed E-state index contributed by atoms with van der Waals surface area (Å²) in [7, 11) is 0. The maximum absolute atomic E-state index is 11.1. The largest absolute Gasteiger partial charge is 0.353 e. The van der Waals surface area contributed by atoms with Gasteiger partial charge < -0.3 is 9.84 Å². The highest BCUT2D eigenvalue weighted by Gasteiger charge is 2.24. The number of benzene rings is 1. The van der Waals surface area contributed by atoms with Crippen LogP contribution in [0.15, 0.2) is 33.7 Å². The molecule has 1 fully saturated rings. The van der Waals surface area contributed by atoms with E-state index in [0.717, 1.165) is 5.56 Å². The first-order valence-electron chi connectivity index (χ1n) is 6.24. The van der Waals surface area contributed by atoms with Crippen molar-refractivity contribution < 1.29 is 9.32 Å². The Morgan fingerprint density at radius 1 is 1.35 bits per heavy atom. The number of piperazine rings is 1. The summed E-state index contributed by atoms with van der Waals surface area (Å²) in [5.74, 6) is 1.04. The van der Waals surface area contributed by atoms with Crippen molar-refractivity contribution in [1.29, 1.82) is 0 Å². The zero-order valence-electron chi connectivity index (χ0n) is 10.9. The molecular weight excluding hydrogens is 276 g/mol. The smallest absolute Gasteiger partial charge is 0.245 e. The Morgan fingerprint density at radius 2 is 2.15 bits per heavy atom. The predicted octanol–water partition coefficient (Wildman–Crippen LogP) is 1.22. The van der Waals surface area contributed by atoms with Gasteiger partial charge in [0.2, 0.25) is 17.6 Å². The average molecular weight is 290 g/mol. The fourth-order valence-electron chi connectivity index (χ4n) is 1.98. The maximum Gasteiger partial charge on any atom is 0.245 e. The first-order chi connectivity index (χ1) is 9.76. The summed E-state index contributed by atoms with van der Waals surface area (Å²) < 4.78 is 5.27. The van der Waals surface area contributed by atoms with Crippen molar-refractivity contribution in [2.45, 2.75) is 10.9 Å². The number of aromatic nitrogens is 2. The highest BCUT2D eigenvalue weighted by atomic mass is 32.2. The molecule has 2 aromatic rings. The third kappa shape index (κ3) is 2.68. The SMILES string of the molecule is CSc1ccc(-c2noc(C3CNC(=O)CN3)n2)cc1. The van der Waals surface area contributed by atoms with Crippen molar-refractivity contribution in [3.8, 4) is 11.4 Å². The van der Waals surface area contributed by atoms with Gasteiger partial charge in [-0.1, -0.05) is 5.16 Å². The van der Waals surface area contributed by atoms with Gasteiger partial charge >= 0.3 is 0 Å². The van der Waals surface area contributed by atoms with E-state index in [0.29, 0.717) is 18.3 Å². The van der Waals surface area contributed by atoms with E-state index in [1.54, 1.807) is 11.8 Å². The standard InChI is InChI=1S/C13H14N4O2S/c1-20-9-4-2-8(3-5-9)12-16-13(19-17-12)10-6-15-11(18)7-14-10/h2-5,10,14H,6-7H2,1H3,(H,15,18). The zero-order valence-corrected chi connectivity index (χ0v) is 11.7. The van der Waals surface area contributed by atoms with Crippen LogP contribution in [0.25, 0.3) is 11.4 Å². The third-order valence-electron chi connectivity index (χ3n) is 3.10. The number of thioether (sulfide) groups is 1. The second kappa shape index (κ2) is 5.64. The van der Waals surface area contributed by atoms with E-state index in [9.17, 15) is 4.79 Å². The van der Waals surface area contributed by atoms with Crippen molar-refractivity contribution in [2.24, 2.45) is 0 Å². The van der Waals surface area contributed by atoms with E-state index in [1.807, 2.05) is 30.5 Å². The molecule has 1 aliphatic heterocycles. The van der Waals surface area contributed by atoms with Gasteiger partial charge in [0.05, 0.1) is 6.54 Å². The van der Waals surface area contributed by atoms with Crippen LogP contribution in [0.3, 0.4) is 0 Å². The number of nitrogens with one attached hydrogen (secondary N) is 2. The average Bonchev–Trinajstić information content (AvgIpc) is 2.98. The molecule has 1 aromatic heterocycles. The van der Waals surface area contributed by atoms with Crippen LogP contribution in [0.5, 0.6) is 0 Å². The van der Waals surface area contributed by atoms with Crippen molar-refractivity contribution in [1.82, 2.24) is 20.8 Å². The molecule has 1 saturated heterocycles. The first kappa shape index (κ1) is 13.1. The minimum Gasteiger partial charge on any atom is -0.353 e. The lowest BCUT2D eigenvalue weighted by Crippen LogP contribution is -2.47. The molecule has 1 unspecified atom stereocenters. The molecule has 1 atom stereocenters. The zero-order chi connectivity index (χ0) is 13.9. The fourth-order valence-corrected chi connectivity index (χ4v) is 2.38. The second-order valence-electron chi connectivity index (χ2n) is 4.42. The number of nitrogens with zero attached hydrogens (tertiary/aromatic N) is 2. The van der Waals surface area contributed by atoms with Gasteiger partial charge in [-0.15, -0.1) is 11.8 Å². The lowest BCUT2D eigenvalue weighted by atomic mass is 10.2. The Kier molecular flexibility index (Phi) is 3.70. The van der Waals surface area contributed by atoms with E-state index in [1.165, 1.54) is 4.90 Å². The number of amides is 1. The molecule has 1 amide bonds. The molecular formula is C13H14N4O2S. The van der Waals surface area contributed by atoms with Gasteiger partial charge in [0, 0.05) is 17.0 Å². The number of rotatable bonds is 3. The summed E-state index contributed by atoms with van der Waals surface area (Å²) in [5, 5.41) is 9.81. The van der Waals surface area contributed by atoms with Crippen LogP contribution in [-0.2, 0) is 4.79 Å². The fraction of sp³-hybridized carbons (Fsp3) is 0.308. The number of hydrogen-bond acceptors (Lipinski definition) is 6. The minimum absolute atomic E-state index is 0.0198. The molecule has 0 spiro atoms. The number of hydrogen-bond donors (Lipinski definition) is 2. The molecule has 0 bridgehead atoms. The van der Waals surface area contributed by atoms with Crippen LogP contribution in [-0.4, -0.2) is 35.4 Å². The van der Waals surface area contributed by atoms with Crippen LogP contribution in [0.4, 0.5) is 0 Å². The van der Waals surface area contributed by atoms with E-state index >= 15 is 0 Å². The summed E-state index contributed by atoms with van der Waals surface area (Å²) in [6.07, 6.45) is 2.03. The van der Waals surface area contributed by atoms with Crippen molar-refractivity contribution in [3.63, 3.8) is 0 Å². The van der Waals surface area contributed by atoms with Gasteiger partial charge in [-0.3, -0.25) is 10.1 Å². The van der Waals surface area contributed by atoms with Crippen LogP contribution in [0.1, 0.15) is 11.9 Å². The highest BCUT2D eigenvalue weighted by Crippen LogP contribution is 2.22. The summed E-state index contributed by atoms with van der Waals surface area (Å²) in [5.41, 5.74) is 0.914. The molecule has 6 nitrogen and oxygen atoms in total. The van der Waals surface area contributed by atoms with Gasteiger partial charge in [-0.2, -0.15) is 4.98 Å². The van der Waals surface area contributed by atoms with Crippen molar-refractivity contribution >= 4 is 17.7 Å². The van der Waals surface area contributed by atoms with Crippen LogP contribution in [0.2, 0.25) is 0 Å². The van der Waals surface area contributed by atoms with E-state index < -0.39 is 0 Å². The Morgan fingerprint density at radius 3 is 2.80 bits per heavy atom. The predicted molar refractivity (Wildman–Crippen MR) is 75.3 cm³/mol. The molecule has 3 rings (SSSR count). The minimum atomic E-state index is -0.126.